The number of anilines is 2. The van der Waals surface area contributed by atoms with Crippen LogP contribution in [0.15, 0.2) is 24.3 Å². The first-order chi connectivity index (χ1) is 22.1. The molecule has 0 aliphatic carbocycles. The highest BCUT2D eigenvalue weighted by atomic mass is 16.5. The maximum atomic E-state index is 14.0. The molecular formula is C34H46N8O4. The van der Waals surface area contributed by atoms with Gasteiger partial charge in [-0.3, -0.25) is 14.4 Å². The molecule has 3 amide bonds. The molecule has 0 aromatic carbocycles. The fourth-order valence-corrected chi connectivity index (χ4v) is 6.66. The Morgan fingerprint density at radius 3 is 2.72 bits per heavy atom. The lowest BCUT2D eigenvalue weighted by Gasteiger charge is -2.33. The van der Waals surface area contributed by atoms with Crippen LogP contribution in [-0.4, -0.2) is 83.1 Å². The second kappa shape index (κ2) is 13.4. The van der Waals surface area contributed by atoms with Crippen molar-refractivity contribution in [3.05, 3.63) is 46.9 Å². The number of rotatable bonds is 5. The summed E-state index contributed by atoms with van der Waals surface area (Å²) in [6.45, 7) is 9.75. The molecule has 3 aromatic heterocycles. The lowest BCUT2D eigenvalue weighted by atomic mass is 9.85. The van der Waals surface area contributed by atoms with Gasteiger partial charge >= 0.3 is 0 Å². The minimum atomic E-state index is -0.448. The van der Waals surface area contributed by atoms with Crippen molar-refractivity contribution in [2.45, 2.75) is 77.9 Å². The number of nitrogens with zero attached hydrogens (tertiary/aromatic N) is 4. The minimum Gasteiger partial charge on any atom is -0.378 e. The van der Waals surface area contributed by atoms with Crippen molar-refractivity contribution in [1.29, 1.82) is 0 Å². The van der Waals surface area contributed by atoms with E-state index in [0.717, 1.165) is 55.4 Å². The molecule has 3 aromatic rings. The molecule has 3 aliphatic heterocycles. The van der Waals surface area contributed by atoms with Gasteiger partial charge in [0.1, 0.15) is 17.2 Å². The third-order valence-corrected chi connectivity index (χ3v) is 9.50. The zero-order valence-electron chi connectivity index (χ0n) is 27.4. The van der Waals surface area contributed by atoms with Crippen LogP contribution in [0.4, 0.5) is 11.5 Å². The van der Waals surface area contributed by atoms with E-state index in [2.05, 4.69) is 21.3 Å². The summed E-state index contributed by atoms with van der Waals surface area (Å²) >= 11 is 0. The number of hydrogen-bond donors (Lipinski definition) is 4. The molecule has 4 N–H and O–H groups in total. The number of pyridine rings is 2. The highest BCUT2D eigenvalue weighted by Gasteiger charge is 2.31. The first-order valence-corrected chi connectivity index (χ1v) is 16.6. The molecule has 0 spiro atoms. The molecule has 12 heteroatoms. The largest absolute Gasteiger partial charge is 0.378 e. The Kier molecular flexibility index (Phi) is 9.28. The average molecular weight is 631 g/mol. The zero-order chi connectivity index (χ0) is 32.4. The third-order valence-electron chi connectivity index (χ3n) is 9.50. The van der Waals surface area contributed by atoms with Crippen LogP contribution in [0, 0.1) is 5.41 Å². The minimum absolute atomic E-state index is 0.0228. The van der Waals surface area contributed by atoms with Crippen molar-refractivity contribution in [2.24, 2.45) is 5.41 Å². The van der Waals surface area contributed by atoms with Gasteiger partial charge in [0.05, 0.1) is 41.9 Å². The van der Waals surface area contributed by atoms with Gasteiger partial charge in [-0.25, -0.2) is 9.97 Å². The second-order valence-corrected chi connectivity index (χ2v) is 13.4. The summed E-state index contributed by atoms with van der Waals surface area (Å²) in [6, 6.07) is 7.30. The lowest BCUT2D eigenvalue weighted by Crippen LogP contribution is -2.51. The average Bonchev–Trinajstić information content (AvgIpc) is 3.42. The normalized spacial score (nSPS) is 22.2. The van der Waals surface area contributed by atoms with E-state index in [9.17, 15) is 14.4 Å². The van der Waals surface area contributed by atoms with Gasteiger partial charge in [0, 0.05) is 56.5 Å². The number of carbonyl (C=O) groups is 3. The van der Waals surface area contributed by atoms with Crippen molar-refractivity contribution < 1.29 is 19.1 Å². The molecule has 12 nitrogen and oxygen atoms in total. The zero-order valence-corrected chi connectivity index (χ0v) is 27.4. The molecule has 246 valence electrons. The summed E-state index contributed by atoms with van der Waals surface area (Å²) in [5, 5.41) is 13.6. The number of nitrogens with one attached hydrogen (secondary N) is 4. The van der Waals surface area contributed by atoms with Crippen LogP contribution in [0.3, 0.4) is 0 Å². The van der Waals surface area contributed by atoms with Crippen molar-refractivity contribution >= 4 is 40.3 Å². The van der Waals surface area contributed by atoms with Crippen LogP contribution in [0.2, 0.25) is 0 Å². The van der Waals surface area contributed by atoms with Crippen LogP contribution in [0.25, 0.3) is 11.0 Å². The van der Waals surface area contributed by atoms with Crippen LogP contribution in [0.5, 0.6) is 0 Å². The number of ether oxygens (including phenoxy) is 1. The van der Waals surface area contributed by atoms with Crippen molar-refractivity contribution in [3.63, 3.8) is 0 Å². The summed E-state index contributed by atoms with van der Waals surface area (Å²) in [7, 11) is 1.76. The number of fused-ring (bicyclic) bond motifs is 2. The van der Waals surface area contributed by atoms with Crippen molar-refractivity contribution in [1.82, 2.24) is 30.1 Å². The molecule has 1 fully saturated rings. The van der Waals surface area contributed by atoms with E-state index >= 15 is 0 Å². The Balaban J connectivity index is 1.28. The van der Waals surface area contributed by atoms with Gasteiger partial charge in [0.2, 0.25) is 5.91 Å². The summed E-state index contributed by atoms with van der Waals surface area (Å²) < 4.78 is 7.56. The monoisotopic (exact) mass is 630 g/mol. The number of aryl methyl sites for hydroxylation is 1. The predicted molar refractivity (Wildman–Crippen MR) is 177 cm³/mol. The second-order valence-electron chi connectivity index (χ2n) is 13.4. The lowest BCUT2D eigenvalue weighted by molar-refractivity contribution is -0.130. The van der Waals surface area contributed by atoms with Crippen molar-refractivity contribution in [2.75, 3.05) is 50.5 Å². The molecule has 0 saturated carbocycles. The molecule has 2 atom stereocenters. The number of morpholine rings is 1. The Morgan fingerprint density at radius 2 is 1.93 bits per heavy atom. The molecule has 3 aliphatic rings. The van der Waals surface area contributed by atoms with E-state index in [1.54, 1.807) is 13.1 Å². The highest BCUT2D eigenvalue weighted by molar-refractivity contribution is 6.08. The Morgan fingerprint density at radius 1 is 1.11 bits per heavy atom. The number of hydrogen-bond acceptors (Lipinski definition) is 8. The standard InChI is InChI=1S/C34H46N8O4/c1-21-25-10-9-22-17-28(42(30(22)39-25)14-8-6-5-7-12-34(2,3)33(45)37-21)31(43)40-27-18-24-26(38-29(27)35-4)11-15-41(32(24)44)19-23-20-46-16-13-36-23/h9-10,17-18,21,23,36H,5-8,11-16,19-20H2,1-4H3,(H,35,38)(H,37,45)(H,40,43). The fraction of sp³-hybridized carbons (Fsp3) is 0.559. The van der Waals surface area contributed by atoms with Gasteiger partial charge < -0.3 is 35.5 Å². The van der Waals surface area contributed by atoms with E-state index in [-0.39, 0.29) is 29.8 Å². The van der Waals surface area contributed by atoms with Crippen LogP contribution in [0.1, 0.15) is 91.2 Å². The third kappa shape index (κ3) is 6.59. The van der Waals surface area contributed by atoms with Gasteiger partial charge in [-0.15, -0.1) is 0 Å². The molecule has 6 heterocycles. The summed E-state index contributed by atoms with van der Waals surface area (Å²) in [6.07, 6.45) is 5.28. The summed E-state index contributed by atoms with van der Waals surface area (Å²) in [5.74, 6) is 0.143. The van der Waals surface area contributed by atoms with Crippen LogP contribution < -0.4 is 21.3 Å². The Hall–Kier alpha value is -4.03. The molecular weight excluding hydrogens is 584 g/mol. The molecule has 2 unspecified atom stereocenters. The number of amides is 3. The van der Waals surface area contributed by atoms with Crippen LogP contribution >= 0.6 is 0 Å². The van der Waals surface area contributed by atoms with E-state index in [1.807, 2.05) is 48.4 Å². The summed E-state index contributed by atoms with van der Waals surface area (Å²) in [4.78, 5) is 52.2. The van der Waals surface area contributed by atoms with Gasteiger partial charge in [0.15, 0.2) is 0 Å². The van der Waals surface area contributed by atoms with Gasteiger partial charge in [-0.2, -0.15) is 0 Å². The SMILES string of the molecule is CNc1nc2c(cc1NC(=O)c1cc3ccc4nc3n1CCCCCCC(C)(C)C(=O)NC4C)C(=O)N(CC1COCCN1)CC2. The first kappa shape index (κ1) is 31.9. The van der Waals surface area contributed by atoms with Gasteiger partial charge in [-0.05, 0) is 44.0 Å². The van der Waals surface area contributed by atoms with Crippen molar-refractivity contribution in [3.8, 4) is 0 Å². The van der Waals surface area contributed by atoms with E-state index in [1.165, 1.54) is 0 Å². The highest BCUT2D eigenvalue weighted by Crippen LogP contribution is 2.30. The molecule has 1 saturated heterocycles. The van der Waals surface area contributed by atoms with E-state index < -0.39 is 5.41 Å². The Labute approximate surface area is 270 Å². The predicted octanol–water partition coefficient (Wildman–Crippen LogP) is 3.88. The maximum Gasteiger partial charge on any atom is 0.272 e. The molecule has 0 radical (unpaired) electrons. The summed E-state index contributed by atoms with van der Waals surface area (Å²) in [5.41, 5.74) is 3.17. The maximum absolute atomic E-state index is 14.0. The first-order valence-electron chi connectivity index (χ1n) is 16.6. The van der Waals surface area contributed by atoms with Gasteiger partial charge in [0.25, 0.3) is 11.8 Å². The topological polar surface area (TPSA) is 143 Å². The fourth-order valence-electron chi connectivity index (χ4n) is 6.66. The molecule has 46 heavy (non-hydrogen) atoms. The van der Waals surface area contributed by atoms with Gasteiger partial charge in [-0.1, -0.05) is 33.1 Å². The number of carbonyl (C=O) groups excluding carboxylic acids is 3. The van der Waals surface area contributed by atoms with E-state index in [4.69, 9.17) is 14.7 Å². The molecule has 6 rings (SSSR count). The number of aromatic nitrogens is 3. The van der Waals surface area contributed by atoms with E-state index in [0.29, 0.717) is 67.7 Å². The quantitative estimate of drug-likeness (QED) is 0.333. The van der Waals surface area contributed by atoms with Crippen LogP contribution in [-0.2, 0) is 22.5 Å². The Bertz CT molecular complexity index is 1630. The smallest absolute Gasteiger partial charge is 0.272 e. The molecule has 2 bridgehead atoms.